The van der Waals surface area contributed by atoms with Gasteiger partial charge in [0.2, 0.25) is 0 Å². The van der Waals surface area contributed by atoms with E-state index in [1.165, 1.54) is 29.9 Å². The third-order valence-electron chi connectivity index (χ3n) is 7.26. The van der Waals surface area contributed by atoms with Gasteiger partial charge < -0.3 is 13.9 Å². The number of halogens is 1. The maximum atomic E-state index is 14.1. The van der Waals surface area contributed by atoms with Crippen LogP contribution in [-0.2, 0) is 9.53 Å². The number of allylic oxidation sites excluding steroid dienone is 1. The summed E-state index contributed by atoms with van der Waals surface area (Å²) in [6.07, 6.45) is 1.55. The molecule has 0 amide bonds. The molecular formula is C32H24ClN3O7S. The maximum Gasteiger partial charge on any atom is 0.338 e. The number of methoxy groups -OCH3 is 1. The number of aromatic nitrogens is 1. The number of furan rings is 1. The second-order valence-corrected chi connectivity index (χ2v) is 11.3. The van der Waals surface area contributed by atoms with E-state index < -0.39 is 22.5 Å². The van der Waals surface area contributed by atoms with Crippen LogP contribution in [-0.4, -0.2) is 29.2 Å². The summed E-state index contributed by atoms with van der Waals surface area (Å²) >= 11 is 7.10. The molecule has 1 atom stereocenters. The van der Waals surface area contributed by atoms with Crippen molar-refractivity contribution in [2.24, 2.45) is 4.99 Å². The Bertz CT molecular complexity index is 2200. The van der Waals surface area contributed by atoms with Gasteiger partial charge in [0.25, 0.3) is 11.2 Å². The third-order valence-corrected chi connectivity index (χ3v) is 8.48. The number of rotatable bonds is 7. The van der Waals surface area contributed by atoms with Crippen LogP contribution in [0.15, 0.2) is 92.2 Å². The van der Waals surface area contributed by atoms with E-state index in [1.54, 1.807) is 32.1 Å². The fourth-order valence-electron chi connectivity index (χ4n) is 5.37. The second-order valence-electron chi connectivity index (χ2n) is 9.83. The van der Waals surface area contributed by atoms with Crippen molar-refractivity contribution in [2.45, 2.75) is 19.9 Å². The highest BCUT2D eigenvalue weighted by atomic mass is 35.5. The molecule has 3 aromatic carbocycles. The van der Waals surface area contributed by atoms with E-state index in [1.807, 2.05) is 36.4 Å². The number of thiazole rings is 1. The second kappa shape index (κ2) is 11.6. The molecule has 0 saturated carbocycles. The monoisotopic (exact) mass is 629 g/mol. The summed E-state index contributed by atoms with van der Waals surface area (Å²) < 4.78 is 18.9. The molecule has 0 saturated heterocycles. The van der Waals surface area contributed by atoms with Crippen LogP contribution in [0.2, 0.25) is 5.02 Å². The Morgan fingerprint density at radius 2 is 1.98 bits per heavy atom. The average Bonchev–Trinajstić information content (AvgIpc) is 3.59. The molecule has 0 radical (unpaired) electrons. The van der Waals surface area contributed by atoms with Gasteiger partial charge in [0.1, 0.15) is 23.3 Å². The van der Waals surface area contributed by atoms with Crippen molar-refractivity contribution in [2.75, 3.05) is 13.7 Å². The molecule has 0 fully saturated rings. The van der Waals surface area contributed by atoms with E-state index in [4.69, 9.17) is 25.5 Å². The minimum atomic E-state index is -0.891. The first-order valence-electron chi connectivity index (χ1n) is 13.5. The fraction of sp³-hybridized carbons (Fsp3) is 0.156. The van der Waals surface area contributed by atoms with E-state index in [-0.39, 0.29) is 38.7 Å². The summed E-state index contributed by atoms with van der Waals surface area (Å²) in [6, 6.07) is 18.0. The molecule has 44 heavy (non-hydrogen) atoms. The Kier molecular flexibility index (Phi) is 7.66. The largest absolute Gasteiger partial charge is 0.496 e. The van der Waals surface area contributed by atoms with Gasteiger partial charge in [-0.2, -0.15) is 0 Å². The van der Waals surface area contributed by atoms with Gasteiger partial charge in [-0.1, -0.05) is 53.3 Å². The minimum absolute atomic E-state index is 0.145. The standard InChI is InChI=1S/C32H24ClN3O7S/c1-4-42-31(38)27-17(2)34-32-35(29(27)28-21-8-6-5-7-18(21)9-13-25(28)41-3)30(37)26(44-32)16-20-11-14-24(43-20)22-12-10-19(33)15-23(22)36(39)40/h5-16,29H,4H2,1-3H3/b26-16+/t29-/m0/s1. The molecule has 10 nitrogen and oxygen atoms in total. The number of fused-ring (bicyclic) bond motifs is 2. The number of nitro benzene ring substituents is 1. The zero-order valence-electron chi connectivity index (χ0n) is 23.7. The Labute approximate surface area is 258 Å². The number of nitrogens with zero attached hydrogens (tertiary/aromatic N) is 3. The quantitative estimate of drug-likeness (QED) is 0.127. The van der Waals surface area contributed by atoms with Crippen molar-refractivity contribution in [3.63, 3.8) is 0 Å². The van der Waals surface area contributed by atoms with E-state index in [9.17, 15) is 19.7 Å². The Hall–Kier alpha value is -5.00. The molecule has 0 N–H and O–H groups in total. The van der Waals surface area contributed by atoms with Crippen LogP contribution < -0.4 is 19.6 Å². The van der Waals surface area contributed by atoms with Crippen LogP contribution in [0.25, 0.3) is 28.2 Å². The summed E-state index contributed by atoms with van der Waals surface area (Å²) in [5.41, 5.74) is 0.925. The van der Waals surface area contributed by atoms with Crippen molar-refractivity contribution < 1.29 is 23.6 Å². The number of nitro groups is 1. The summed E-state index contributed by atoms with van der Waals surface area (Å²) in [5.74, 6) is 0.463. The molecule has 0 bridgehead atoms. The predicted molar refractivity (Wildman–Crippen MR) is 167 cm³/mol. The van der Waals surface area contributed by atoms with E-state index in [0.717, 1.165) is 22.1 Å². The molecule has 0 aliphatic carbocycles. The zero-order chi connectivity index (χ0) is 31.1. The zero-order valence-corrected chi connectivity index (χ0v) is 25.3. The van der Waals surface area contributed by atoms with Crippen LogP contribution in [0.1, 0.15) is 31.2 Å². The number of esters is 1. The average molecular weight is 630 g/mol. The molecule has 12 heteroatoms. The first-order chi connectivity index (χ1) is 21.2. The van der Waals surface area contributed by atoms with Crippen LogP contribution in [0, 0.1) is 10.1 Å². The first kappa shape index (κ1) is 29.1. The smallest absolute Gasteiger partial charge is 0.338 e. The van der Waals surface area contributed by atoms with E-state index in [0.29, 0.717) is 27.6 Å². The number of hydrogen-bond acceptors (Lipinski definition) is 9. The molecule has 0 unspecified atom stereocenters. The number of ether oxygens (including phenoxy) is 2. The van der Waals surface area contributed by atoms with Gasteiger partial charge in [-0.05, 0) is 55.0 Å². The summed E-state index contributed by atoms with van der Waals surface area (Å²) in [7, 11) is 1.54. The molecule has 1 aliphatic heterocycles. The van der Waals surface area contributed by atoms with Gasteiger partial charge in [-0.15, -0.1) is 0 Å². The van der Waals surface area contributed by atoms with Crippen LogP contribution >= 0.6 is 22.9 Å². The number of carbonyl (C=O) groups excluding carboxylic acids is 1. The predicted octanol–water partition coefficient (Wildman–Crippen LogP) is 5.78. The van der Waals surface area contributed by atoms with E-state index in [2.05, 4.69) is 4.99 Å². The van der Waals surface area contributed by atoms with Gasteiger partial charge in [-0.25, -0.2) is 9.79 Å². The van der Waals surface area contributed by atoms with Crippen LogP contribution in [0.4, 0.5) is 5.69 Å². The molecule has 2 aromatic heterocycles. The van der Waals surface area contributed by atoms with Crippen molar-refractivity contribution in [1.82, 2.24) is 4.57 Å². The molecular weight excluding hydrogens is 606 g/mol. The minimum Gasteiger partial charge on any atom is -0.496 e. The van der Waals surface area contributed by atoms with Crippen molar-refractivity contribution in [3.8, 4) is 17.1 Å². The number of carbonyl (C=O) groups is 1. The van der Waals surface area contributed by atoms with E-state index >= 15 is 0 Å². The lowest BCUT2D eigenvalue weighted by atomic mass is 9.90. The van der Waals surface area contributed by atoms with Gasteiger partial charge in [0.05, 0.1) is 40.0 Å². The summed E-state index contributed by atoms with van der Waals surface area (Å²) in [5, 5.41) is 13.6. The van der Waals surface area contributed by atoms with Crippen molar-refractivity contribution in [1.29, 1.82) is 0 Å². The lowest BCUT2D eigenvalue weighted by molar-refractivity contribution is -0.384. The topological polar surface area (TPSA) is 126 Å². The highest BCUT2D eigenvalue weighted by Gasteiger charge is 2.36. The number of benzene rings is 3. The maximum absolute atomic E-state index is 14.1. The lowest BCUT2D eigenvalue weighted by Gasteiger charge is -2.27. The molecule has 5 aromatic rings. The highest BCUT2D eigenvalue weighted by Crippen LogP contribution is 2.40. The van der Waals surface area contributed by atoms with Gasteiger partial charge in [0.15, 0.2) is 4.80 Å². The van der Waals surface area contributed by atoms with Crippen LogP contribution in [0.3, 0.4) is 0 Å². The van der Waals surface area contributed by atoms with Gasteiger partial charge >= 0.3 is 5.97 Å². The summed E-state index contributed by atoms with van der Waals surface area (Å²) in [6.45, 7) is 3.57. The Morgan fingerprint density at radius 3 is 2.73 bits per heavy atom. The summed E-state index contributed by atoms with van der Waals surface area (Å²) in [4.78, 5) is 43.7. The van der Waals surface area contributed by atoms with Crippen molar-refractivity contribution in [3.05, 3.63) is 124 Å². The Morgan fingerprint density at radius 1 is 1.18 bits per heavy atom. The highest BCUT2D eigenvalue weighted by molar-refractivity contribution is 7.07. The number of hydrogen-bond donors (Lipinski definition) is 0. The molecule has 0 spiro atoms. The van der Waals surface area contributed by atoms with Gasteiger partial charge in [-0.3, -0.25) is 19.5 Å². The molecule has 6 rings (SSSR count). The van der Waals surface area contributed by atoms with Gasteiger partial charge in [0, 0.05) is 22.7 Å². The lowest BCUT2D eigenvalue weighted by Crippen LogP contribution is -2.40. The first-order valence-corrected chi connectivity index (χ1v) is 14.7. The van der Waals surface area contributed by atoms with Crippen LogP contribution in [0.5, 0.6) is 5.75 Å². The fourth-order valence-corrected chi connectivity index (χ4v) is 6.56. The molecule has 1 aliphatic rings. The Balaban J connectivity index is 1.56. The molecule has 3 heterocycles. The SMILES string of the molecule is CCOC(=O)C1=C(C)N=c2s/c(=C/c3ccc(-c4ccc(Cl)cc4[N+](=O)[O-])o3)c(=O)n2[C@@H]1c1c(OC)ccc2ccccc12. The normalized spacial score (nSPS) is 14.8. The molecule has 222 valence electrons. The van der Waals surface area contributed by atoms with Crippen molar-refractivity contribution >= 4 is 51.4 Å². The third kappa shape index (κ3) is 4.99.